The molecule has 1 aromatic carbocycles. The van der Waals surface area contributed by atoms with Crippen molar-refractivity contribution in [3.05, 3.63) is 48.9 Å². The minimum Gasteiger partial charge on any atom is -0.380 e. The molecule has 0 aliphatic carbocycles. The van der Waals surface area contributed by atoms with Crippen LogP contribution in [0.4, 0.5) is 5.82 Å². The second kappa shape index (κ2) is 7.90. The fourth-order valence-electron chi connectivity index (χ4n) is 2.53. The van der Waals surface area contributed by atoms with Crippen LogP contribution in [0.3, 0.4) is 0 Å². The van der Waals surface area contributed by atoms with Crippen molar-refractivity contribution >= 4 is 5.82 Å². The van der Waals surface area contributed by atoms with E-state index in [1.807, 2.05) is 55.0 Å². The lowest BCUT2D eigenvalue weighted by Gasteiger charge is -2.11. The van der Waals surface area contributed by atoms with E-state index in [2.05, 4.69) is 33.3 Å². The lowest BCUT2D eigenvalue weighted by Crippen LogP contribution is -2.10. The van der Waals surface area contributed by atoms with Crippen LogP contribution in [0, 0.1) is 0 Å². The fourth-order valence-corrected chi connectivity index (χ4v) is 2.53. The number of rotatable bonds is 7. The number of anilines is 1. The Morgan fingerprint density at radius 1 is 1.04 bits per heavy atom. The Labute approximate surface area is 148 Å². The van der Waals surface area contributed by atoms with Gasteiger partial charge >= 0.3 is 0 Å². The highest BCUT2D eigenvalue weighted by Gasteiger charge is 2.07. The van der Waals surface area contributed by atoms with Gasteiger partial charge in [-0.1, -0.05) is 18.2 Å². The average Bonchev–Trinajstić information content (AvgIpc) is 3.11. The summed E-state index contributed by atoms with van der Waals surface area (Å²) in [6.07, 6.45) is 3.58. The maximum atomic E-state index is 5.38. The molecular formula is C19H23N5O. The van der Waals surface area contributed by atoms with Gasteiger partial charge in [0.1, 0.15) is 12.1 Å². The first-order valence-electron chi connectivity index (χ1n) is 8.38. The lowest BCUT2D eigenvalue weighted by molar-refractivity contribution is 0.136. The first-order chi connectivity index (χ1) is 12.2. The molecule has 0 saturated carbocycles. The van der Waals surface area contributed by atoms with Gasteiger partial charge in [0.15, 0.2) is 0 Å². The Bertz CT molecular complexity index is 828. The van der Waals surface area contributed by atoms with Gasteiger partial charge in [-0.05, 0) is 19.1 Å². The van der Waals surface area contributed by atoms with Crippen LogP contribution in [0.15, 0.2) is 48.9 Å². The molecule has 0 spiro atoms. The highest BCUT2D eigenvalue weighted by Crippen LogP contribution is 2.25. The summed E-state index contributed by atoms with van der Waals surface area (Å²) in [4.78, 5) is 10.6. The third-order valence-electron chi connectivity index (χ3n) is 3.87. The maximum absolute atomic E-state index is 5.38. The van der Waals surface area contributed by atoms with Gasteiger partial charge in [0.25, 0.3) is 0 Å². The van der Waals surface area contributed by atoms with E-state index in [0.29, 0.717) is 6.61 Å². The molecule has 0 unspecified atom stereocenters. The predicted octanol–water partition coefficient (Wildman–Crippen LogP) is 3.11. The summed E-state index contributed by atoms with van der Waals surface area (Å²) in [5.41, 5.74) is 3.96. The lowest BCUT2D eigenvalue weighted by atomic mass is 10.1. The van der Waals surface area contributed by atoms with Crippen LogP contribution in [0.5, 0.6) is 0 Å². The molecule has 130 valence electrons. The summed E-state index contributed by atoms with van der Waals surface area (Å²) in [6.45, 7) is 4.15. The van der Waals surface area contributed by atoms with Gasteiger partial charge in [-0.25, -0.2) is 9.97 Å². The average molecular weight is 337 g/mol. The topological polar surface area (TPSA) is 56.1 Å². The first kappa shape index (κ1) is 17.1. The number of hydrogen-bond acceptors (Lipinski definition) is 5. The van der Waals surface area contributed by atoms with E-state index in [0.717, 1.165) is 41.5 Å². The van der Waals surface area contributed by atoms with Gasteiger partial charge in [0, 0.05) is 44.1 Å². The molecule has 0 N–H and O–H groups in total. The third-order valence-corrected chi connectivity index (χ3v) is 3.87. The summed E-state index contributed by atoms with van der Waals surface area (Å²) in [7, 11) is 3.94. The van der Waals surface area contributed by atoms with Crippen molar-refractivity contribution in [1.29, 1.82) is 0 Å². The molecule has 2 aromatic heterocycles. The van der Waals surface area contributed by atoms with Crippen LogP contribution < -0.4 is 4.90 Å². The smallest absolute Gasteiger partial charge is 0.132 e. The molecule has 0 radical (unpaired) electrons. The van der Waals surface area contributed by atoms with E-state index in [9.17, 15) is 0 Å². The molecule has 6 heteroatoms. The largest absolute Gasteiger partial charge is 0.380 e. The Balaban J connectivity index is 1.83. The van der Waals surface area contributed by atoms with Crippen molar-refractivity contribution in [3.63, 3.8) is 0 Å². The maximum Gasteiger partial charge on any atom is 0.132 e. The third kappa shape index (κ3) is 4.22. The van der Waals surface area contributed by atoms with Crippen LogP contribution in [-0.4, -0.2) is 47.1 Å². The summed E-state index contributed by atoms with van der Waals surface area (Å²) in [5, 5.41) is 4.63. The first-order valence-corrected chi connectivity index (χ1v) is 8.38. The van der Waals surface area contributed by atoms with Gasteiger partial charge < -0.3 is 9.64 Å². The van der Waals surface area contributed by atoms with Crippen LogP contribution in [0.25, 0.3) is 22.5 Å². The van der Waals surface area contributed by atoms with E-state index in [1.54, 1.807) is 6.33 Å². The normalized spacial score (nSPS) is 10.8. The second-order valence-electron chi connectivity index (χ2n) is 5.90. The number of nitrogens with zero attached hydrogens (tertiary/aromatic N) is 5. The van der Waals surface area contributed by atoms with Crippen LogP contribution in [0.1, 0.15) is 6.92 Å². The standard InChI is InChI=1S/C19H23N5O/c1-4-25-11-10-24-9-8-17(22-24)15-6-5-7-16(12-15)18-13-19(23(2)3)21-14-20-18/h5-9,12-14H,4,10-11H2,1-3H3. The molecule has 0 atom stereocenters. The molecule has 3 rings (SSSR count). The predicted molar refractivity (Wildman–Crippen MR) is 99.5 cm³/mol. The van der Waals surface area contributed by atoms with Crippen LogP contribution >= 0.6 is 0 Å². The van der Waals surface area contributed by atoms with Gasteiger partial charge in [-0.3, -0.25) is 4.68 Å². The molecule has 0 amide bonds. The van der Waals surface area contributed by atoms with Crippen molar-refractivity contribution in [2.75, 3.05) is 32.2 Å². The number of ether oxygens (including phenoxy) is 1. The second-order valence-corrected chi connectivity index (χ2v) is 5.90. The zero-order valence-corrected chi connectivity index (χ0v) is 14.9. The van der Waals surface area contributed by atoms with E-state index < -0.39 is 0 Å². The molecule has 0 bridgehead atoms. The molecule has 6 nitrogen and oxygen atoms in total. The van der Waals surface area contributed by atoms with Crippen molar-refractivity contribution in [2.45, 2.75) is 13.5 Å². The zero-order chi connectivity index (χ0) is 17.6. The quantitative estimate of drug-likeness (QED) is 0.620. The molecular weight excluding hydrogens is 314 g/mol. The zero-order valence-electron chi connectivity index (χ0n) is 14.9. The molecule has 0 saturated heterocycles. The SMILES string of the molecule is CCOCCn1ccc(-c2cccc(-c3cc(N(C)C)ncn3)c2)n1. The molecule has 0 fully saturated rings. The molecule has 3 aromatic rings. The van der Waals surface area contributed by atoms with Crippen molar-refractivity contribution < 1.29 is 4.74 Å². The Kier molecular flexibility index (Phi) is 5.40. The Hall–Kier alpha value is -2.73. The highest BCUT2D eigenvalue weighted by atomic mass is 16.5. The van der Waals surface area contributed by atoms with E-state index >= 15 is 0 Å². The van der Waals surface area contributed by atoms with Crippen LogP contribution in [-0.2, 0) is 11.3 Å². The minimum absolute atomic E-state index is 0.673. The van der Waals surface area contributed by atoms with Crippen molar-refractivity contribution in [3.8, 4) is 22.5 Å². The van der Waals surface area contributed by atoms with Crippen molar-refractivity contribution in [1.82, 2.24) is 19.7 Å². The van der Waals surface area contributed by atoms with E-state index in [4.69, 9.17) is 4.74 Å². The summed E-state index contributed by atoms with van der Waals surface area (Å²) in [5.74, 6) is 0.885. The van der Waals surface area contributed by atoms with Gasteiger partial charge in [-0.2, -0.15) is 5.10 Å². The number of benzene rings is 1. The highest BCUT2D eigenvalue weighted by molar-refractivity contribution is 5.70. The van der Waals surface area contributed by atoms with Gasteiger partial charge in [0.05, 0.1) is 24.5 Å². The Morgan fingerprint density at radius 3 is 2.60 bits per heavy atom. The van der Waals surface area contributed by atoms with Crippen LogP contribution in [0.2, 0.25) is 0 Å². The van der Waals surface area contributed by atoms with Gasteiger partial charge in [0.2, 0.25) is 0 Å². The Morgan fingerprint density at radius 2 is 1.84 bits per heavy atom. The molecule has 0 aliphatic heterocycles. The summed E-state index contributed by atoms with van der Waals surface area (Å²) < 4.78 is 7.29. The van der Waals surface area contributed by atoms with E-state index in [1.165, 1.54) is 0 Å². The summed E-state index contributed by atoms with van der Waals surface area (Å²) in [6, 6.07) is 12.3. The fraction of sp³-hybridized carbons (Fsp3) is 0.316. The van der Waals surface area contributed by atoms with Gasteiger partial charge in [-0.15, -0.1) is 0 Å². The summed E-state index contributed by atoms with van der Waals surface area (Å²) >= 11 is 0. The number of hydrogen-bond donors (Lipinski definition) is 0. The monoisotopic (exact) mass is 337 g/mol. The molecule has 0 aliphatic rings. The molecule has 2 heterocycles. The number of aromatic nitrogens is 4. The van der Waals surface area contributed by atoms with E-state index in [-0.39, 0.29) is 0 Å². The minimum atomic E-state index is 0.673. The van der Waals surface area contributed by atoms with Crippen molar-refractivity contribution in [2.24, 2.45) is 0 Å². The molecule has 25 heavy (non-hydrogen) atoms.